The lowest BCUT2D eigenvalue weighted by atomic mass is 9.94. The third-order valence-electron chi connectivity index (χ3n) is 3.13. The molecule has 0 spiro atoms. The van der Waals surface area contributed by atoms with Gasteiger partial charge in [-0.15, -0.1) is 4.98 Å². The van der Waals surface area contributed by atoms with E-state index in [1.54, 1.807) is 0 Å². The molecular weight excluding hydrogens is 274 g/mol. The molecule has 1 saturated heterocycles. The van der Waals surface area contributed by atoms with Gasteiger partial charge in [-0.3, -0.25) is 4.79 Å². The number of nitrogens with one attached hydrogen (secondary N) is 1. The van der Waals surface area contributed by atoms with Crippen molar-refractivity contribution in [3.63, 3.8) is 0 Å². The second kappa shape index (κ2) is 5.71. The van der Waals surface area contributed by atoms with E-state index in [2.05, 4.69) is 20.3 Å². The van der Waals surface area contributed by atoms with Crippen LogP contribution in [0.5, 0.6) is 12.0 Å². The van der Waals surface area contributed by atoms with E-state index >= 15 is 0 Å². The predicted octanol–water partition coefficient (Wildman–Crippen LogP) is 0.240. The Bertz CT molecular complexity index is 501. The quantitative estimate of drug-likeness (QED) is 0.851. The van der Waals surface area contributed by atoms with Gasteiger partial charge in [-0.05, 0) is 0 Å². The number of methoxy groups -OCH3 is 2. The molecule has 0 aromatic carbocycles. The number of carbonyl (C=O) groups is 1. The van der Waals surface area contributed by atoms with Gasteiger partial charge >= 0.3 is 12.0 Å². The molecule has 0 radical (unpaired) electrons. The van der Waals surface area contributed by atoms with Gasteiger partial charge in [0.1, 0.15) is 0 Å². The molecule has 1 aromatic heterocycles. The molecule has 0 bridgehead atoms. The standard InChI is InChI=1S/C13H21N5O3/c1-13(2,3)9(19)14-8-6-18(7-8)10-15-11(20-4)17-12(16-10)21-5/h8H,6-7H2,1-5H3,(H,14,19). The summed E-state index contributed by atoms with van der Waals surface area (Å²) < 4.78 is 10.0. The molecule has 21 heavy (non-hydrogen) atoms. The molecule has 1 aliphatic rings. The van der Waals surface area contributed by atoms with Crippen molar-refractivity contribution in [3.8, 4) is 12.0 Å². The summed E-state index contributed by atoms with van der Waals surface area (Å²) in [4.78, 5) is 26.1. The van der Waals surface area contributed by atoms with Crippen molar-refractivity contribution in [2.24, 2.45) is 5.41 Å². The highest BCUT2D eigenvalue weighted by Crippen LogP contribution is 2.22. The molecule has 1 fully saturated rings. The second-order valence-electron chi connectivity index (χ2n) is 5.93. The maximum Gasteiger partial charge on any atom is 0.324 e. The molecule has 8 nitrogen and oxygen atoms in total. The first kappa shape index (κ1) is 15.3. The number of ether oxygens (including phenoxy) is 2. The van der Waals surface area contributed by atoms with E-state index in [0.29, 0.717) is 19.0 Å². The van der Waals surface area contributed by atoms with Crippen molar-refractivity contribution >= 4 is 11.9 Å². The number of amides is 1. The van der Waals surface area contributed by atoms with Crippen LogP contribution in [0.1, 0.15) is 20.8 Å². The largest absolute Gasteiger partial charge is 0.467 e. The average molecular weight is 295 g/mol. The Kier molecular flexibility index (Phi) is 4.15. The van der Waals surface area contributed by atoms with Gasteiger partial charge in [0, 0.05) is 18.5 Å². The van der Waals surface area contributed by atoms with E-state index in [1.807, 2.05) is 25.7 Å². The average Bonchev–Trinajstić information content (AvgIpc) is 2.40. The second-order valence-corrected chi connectivity index (χ2v) is 5.93. The first-order chi connectivity index (χ1) is 9.83. The molecular formula is C13H21N5O3. The highest BCUT2D eigenvalue weighted by molar-refractivity contribution is 5.81. The molecule has 1 amide bonds. The maximum atomic E-state index is 11.9. The van der Waals surface area contributed by atoms with Gasteiger partial charge in [-0.25, -0.2) is 0 Å². The number of hydrogen-bond donors (Lipinski definition) is 1. The van der Waals surface area contributed by atoms with Crippen molar-refractivity contribution in [1.29, 1.82) is 0 Å². The molecule has 2 heterocycles. The van der Waals surface area contributed by atoms with Gasteiger partial charge in [0.05, 0.1) is 20.3 Å². The molecule has 8 heteroatoms. The lowest BCUT2D eigenvalue weighted by Crippen LogP contribution is -2.61. The minimum absolute atomic E-state index is 0.0398. The van der Waals surface area contributed by atoms with Gasteiger partial charge in [0.25, 0.3) is 0 Å². The molecule has 0 unspecified atom stereocenters. The first-order valence-electron chi connectivity index (χ1n) is 6.73. The molecule has 0 atom stereocenters. The normalized spacial score (nSPS) is 15.4. The van der Waals surface area contributed by atoms with Crippen LogP contribution in [0, 0.1) is 5.41 Å². The Labute approximate surface area is 123 Å². The Morgan fingerprint density at radius 1 is 1.14 bits per heavy atom. The van der Waals surface area contributed by atoms with Crippen LogP contribution in [0.3, 0.4) is 0 Å². The zero-order chi connectivity index (χ0) is 15.6. The molecule has 2 rings (SSSR count). The van der Waals surface area contributed by atoms with Crippen LogP contribution in [0.25, 0.3) is 0 Å². The summed E-state index contributed by atoms with van der Waals surface area (Å²) in [6, 6.07) is 0.517. The Hall–Kier alpha value is -2.12. The molecule has 116 valence electrons. The van der Waals surface area contributed by atoms with Crippen molar-refractivity contribution in [2.45, 2.75) is 26.8 Å². The van der Waals surface area contributed by atoms with Crippen LogP contribution in [0.15, 0.2) is 0 Å². The highest BCUT2D eigenvalue weighted by atomic mass is 16.5. The summed E-state index contributed by atoms with van der Waals surface area (Å²) in [7, 11) is 2.97. The van der Waals surface area contributed by atoms with Crippen molar-refractivity contribution < 1.29 is 14.3 Å². The van der Waals surface area contributed by atoms with E-state index in [0.717, 1.165) is 0 Å². The molecule has 1 aromatic rings. The summed E-state index contributed by atoms with van der Waals surface area (Å²) in [6.07, 6.45) is 0. The van der Waals surface area contributed by atoms with Crippen molar-refractivity contribution in [1.82, 2.24) is 20.3 Å². The van der Waals surface area contributed by atoms with E-state index in [-0.39, 0.29) is 29.4 Å². The van der Waals surface area contributed by atoms with E-state index in [4.69, 9.17) is 9.47 Å². The van der Waals surface area contributed by atoms with Gasteiger partial charge < -0.3 is 19.7 Å². The summed E-state index contributed by atoms with van der Waals surface area (Å²) >= 11 is 0. The van der Waals surface area contributed by atoms with E-state index in [1.165, 1.54) is 14.2 Å². The zero-order valence-corrected chi connectivity index (χ0v) is 13.0. The number of rotatable bonds is 4. The fourth-order valence-corrected chi connectivity index (χ4v) is 1.79. The lowest BCUT2D eigenvalue weighted by Gasteiger charge is -2.40. The van der Waals surface area contributed by atoms with Gasteiger partial charge in [-0.1, -0.05) is 20.8 Å². The number of aromatic nitrogens is 3. The SMILES string of the molecule is COc1nc(OC)nc(N2CC(NC(=O)C(C)(C)C)C2)n1. The summed E-state index contributed by atoms with van der Waals surface area (Å²) in [6.45, 7) is 6.97. The Morgan fingerprint density at radius 3 is 2.10 bits per heavy atom. The zero-order valence-electron chi connectivity index (χ0n) is 13.0. The molecule has 0 saturated carbocycles. The summed E-state index contributed by atoms with van der Waals surface area (Å²) in [5.41, 5.74) is -0.389. The van der Waals surface area contributed by atoms with Gasteiger partial charge in [-0.2, -0.15) is 9.97 Å². The highest BCUT2D eigenvalue weighted by Gasteiger charge is 2.33. The van der Waals surface area contributed by atoms with E-state index < -0.39 is 0 Å². The Morgan fingerprint density at radius 2 is 1.67 bits per heavy atom. The van der Waals surface area contributed by atoms with Crippen molar-refractivity contribution in [3.05, 3.63) is 0 Å². The molecule has 1 aliphatic heterocycles. The molecule has 1 N–H and O–H groups in total. The summed E-state index contributed by atoms with van der Waals surface area (Å²) in [5, 5.41) is 3.00. The first-order valence-corrected chi connectivity index (χ1v) is 6.73. The predicted molar refractivity (Wildman–Crippen MR) is 76.5 cm³/mol. The number of carbonyl (C=O) groups excluding carboxylic acids is 1. The maximum absolute atomic E-state index is 11.9. The third-order valence-corrected chi connectivity index (χ3v) is 3.13. The van der Waals surface area contributed by atoms with Gasteiger partial charge in [0.15, 0.2) is 0 Å². The smallest absolute Gasteiger partial charge is 0.324 e. The third kappa shape index (κ3) is 3.50. The van der Waals surface area contributed by atoms with Crippen LogP contribution >= 0.6 is 0 Å². The summed E-state index contributed by atoms with van der Waals surface area (Å²) in [5.74, 6) is 0.526. The van der Waals surface area contributed by atoms with Crippen LogP contribution in [0.4, 0.5) is 5.95 Å². The number of anilines is 1. The minimum Gasteiger partial charge on any atom is -0.467 e. The number of hydrogen-bond acceptors (Lipinski definition) is 7. The van der Waals surface area contributed by atoms with E-state index in [9.17, 15) is 4.79 Å². The lowest BCUT2D eigenvalue weighted by molar-refractivity contribution is -0.129. The fourth-order valence-electron chi connectivity index (χ4n) is 1.79. The van der Waals surface area contributed by atoms with Crippen LogP contribution in [-0.2, 0) is 4.79 Å². The topological polar surface area (TPSA) is 89.5 Å². The van der Waals surface area contributed by atoms with Crippen LogP contribution in [-0.4, -0.2) is 54.2 Å². The van der Waals surface area contributed by atoms with Crippen LogP contribution in [0.2, 0.25) is 0 Å². The molecule has 0 aliphatic carbocycles. The van der Waals surface area contributed by atoms with Gasteiger partial charge in [0.2, 0.25) is 11.9 Å². The Balaban J connectivity index is 1.97. The fraction of sp³-hybridized carbons (Fsp3) is 0.692. The van der Waals surface area contributed by atoms with Crippen molar-refractivity contribution in [2.75, 3.05) is 32.2 Å². The van der Waals surface area contributed by atoms with Crippen LogP contribution < -0.4 is 19.7 Å². The number of nitrogens with zero attached hydrogens (tertiary/aromatic N) is 4. The minimum atomic E-state index is -0.389. The monoisotopic (exact) mass is 295 g/mol.